The highest BCUT2D eigenvalue weighted by molar-refractivity contribution is 5.53. The van der Waals surface area contributed by atoms with Crippen molar-refractivity contribution in [1.29, 1.82) is 0 Å². The SMILES string of the molecule is CC(C)(C1CCC(=C=O)CC1)C1CCC(=C=O)CC1. The van der Waals surface area contributed by atoms with E-state index in [2.05, 4.69) is 25.7 Å². The van der Waals surface area contributed by atoms with E-state index in [1.54, 1.807) is 0 Å². The van der Waals surface area contributed by atoms with Crippen molar-refractivity contribution in [3.63, 3.8) is 0 Å². The molecule has 0 N–H and O–H groups in total. The van der Waals surface area contributed by atoms with Crippen molar-refractivity contribution in [2.75, 3.05) is 0 Å². The van der Waals surface area contributed by atoms with Gasteiger partial charge < -0.3 is 0 Å². The van der Waals surface area contributed by atoms with Crippen LogP contribution in [0.2, 0.25) is 0 Å². The fourth-order valence-electron chi connectivity index (χ4n) is 3.96. The van der Waals surface area contributed by atoms with Gasteiger partial charge in [-0.25, -0.2) is 9.59 Å². The van der Waals surface area contributed by atoms with E-state index < -0.39 is 0 Å². The van der Waals surface area contributed by atoms with Gasteiger partial charge >= 0.3 is 0 Å². The molecular formula is C17H24O2. The third-order valence-corrected chi connectivity index (χ3v) is 5.57. The minimum atomic E-state index is 0.322. The monoisotopic (exact) mass is 260 g/mol. The van der Waals surface area contributed by atoms with Crippen molar-refractivity contribution >= 4 is 11.9 Å². The lowest BCUT2D eigenvalue weighted by Gasteiger charge is -2.44. The second kappa shape index (κ2) is 5.90. The van der Waals surface area contributed by atoms with Crippen molar-refractivity contribution in [2.24, 2.45) is 17.3 Å². The molecule has 0 atom stereocenters. The number of carbonyl (C=O) groups excluding carboxylic acids is 2. The lowest BCUT2D eigenvalue weighted by molar-refractivity contribution is 0.0732. The van der Waals surface area contributed by atoms with Gasteiger partial charge in [0.25, 0.3) is 0 Å². The Labute approximate surface area is 116 Å². The van der Waals surface area contributed by atoms with E-state index in [1.807, 2.05) is 0 Å². The average Bonchev–Trinajstić information content (AvgIpc) is 2.47. The van der Waals surface area contributed by atoms with Crippen LogP contribution in [0.3, 0.4) is 0 Å². The van der Waals surface area contributed by atoms with Gasteiger partial charge in [-0.2, -0.15) is 0 Å². The molecule has 19 heavy (non-hydrogen) atoms. The Morgan fingerprint density at radius 3 is 1.37 bits per heavy atom. The summed E-state index contributed by atoms with van der Waals surface area (Å²) >= 11 is 0. The van der Waals surface area contributed by atoms with Crippen LogP contribution in [0.4, 0.5) is 0 Å². The molecule has 2 rings (SSSR count). The molecule has 104 valence electrons. The van der Waals surface area contributed by atoms with E-state index >= 15 is 0 Å². The lowest BCUT2D eigenvalue weighted by atomic mass is 9.60. The van der Waals surface area contributed by atoms with Crippen molar-refractivity contribution < 1.29 is 9.59 Å². The first-order valence-electron chi connectivity index (χ1n) is 7.53. The molecule has 0 aliphatic heterocycles. The minimum Gasteiger partial charge on any atom is -0.234 e. The number of allylic oxidation sites excluding steroid dienone is 2. The maximum Gasteiger partial charge on any atom is 0.123 e. The minimum absolute atomic E-state index is 0.322. The third-order valence-electron chi connectivity index (χ3n) is 5.57. The first-order chi connectivity index (χ1) is 9.07. The van der Waals surface area contributed by atoms with Gasteiger partial charge in [0.15, 0.2) is 0 Å². The second-order valence-electron chi connectivity index (χ2n) is 6.78. The zero-order valence-electron chi connectivity index (χ0n) is 12.1. The Morgan fingerprint density at radius 2 is 1.11 bits per heavy atom. The molecule has 0 aromatic rings. The van der Waals surface area contributed by atoms with Crippen LogP contribution in [0, 0.1) is 17.3 Å². The summed E-state index contributed by atoms with van der Waals surface area (Å²) in [5, 5.41) is 0. The van der Waals surface area contributed by atoms with Crippen LogP contribution in [0.15, 0.2) is 11.1 Å². The quantitative estimate of drug-likeness (QED) is 0.705. The van der Waals surface area contributed by atoms with Crippen LogP contribution in [0.5, 0.6) is 0 Å². The van der Waals surface area contributed by atoms with E-state index in [0.717, 1.165) is 62.5 Å². The Kier molecular flexibility index (Phi) is 4.45. The summed E-state index contributed by atoms with van der Waals surface area (Å²) in [5.41, 5.74) is 2.27. The van der Waals surface area contributed by atoms with E-state index in [0.29, 0.717) is 17.3 Å². The summed E-state index contributed by atoms with van der Waals surface area (Å²) in [4.78, 5) is 21.4. The largest absolute Gasteiger partial charge is 0.234 e. The van der Waals surface area contributed by atoms with Crippen molar-refractivity contribution in [3.05, 3.63) is 11.1 Å². The van der Waals surface area contributed by atoms with E-state index in [9.17, 15) is 9.59 Å². The molecule has 0 bridgehead atoms. The molecule has 2 fully saturated rings. The van der Waals surface area contributed by atoms with Gasteiger partial charge in [-0.15, -0.1) is 0 Å². The van der Waals surface area contributed by atoms with Gasteiger partial charge in [-0.3, -0.25) is 0 Å². The Hall–Kier alpha value is -1.10. The number of rotatable bonds is 2. The third kappa shape index (κ3) is 3.08. The molecule has 0 amide bonds. The molecule has 2 aliphatic rings. The van der Waals surface area contributed by atoms with Gasteiger partial charge in [0.2, 0.25) is 0 Å². The molecule has 0 radical (unpaired) electrons. The van der Waals surface area contributed by atoms with Crippen LogP contribution in [0.1, 0.15) is 65.2 Å². The highest BCUT2D eigenvalue weighted by atomic mass is 16.1. The summed E-state index contributed by atoms with van der Waals surface area (Å²) in [6, 6.07) is 0. The molecule has 0 saturated heterocycles. The topological polar surface area (TPSA) is 34.1 Å². The molecule has 2 heteroatoms. The highest BCUT2D eigenvalue weighted by Crippen LogP contribution is 2.49. The zero-order valence-corrected chi connectivity index (χ0v) is 12.1. The maximum absolute atomic E-state index is 10.7. The molecule has 2 aliphatic carbocycles. The number of hydrogen-bond acceptors (Lipinski definition) is 2. The van der Waals surface area contributed by atoms with Gasteiger partial charge in [0.1, 0.15) is 11.9 Å². The van der Waals surface area contributed by atoms with E-state index in [1.165, 1.54) is 0 Å². The zero-order chi connectivity index (χ0) is 13.9. The maximum atomic E-state index is 10.7. The standard InChI is InChI=1S/C17H24O2/c1-17(2,15-7-3-13(11-18)4-8-15)16-9-5-14(12-19)6-10-16/h15-16H,3-10H2,1-2H3. The van der Waals surface area contributed by atoms with Crippen LogP contribution < -0.4 is 0 Å². The molecule has 0 heterocycles. The van der Waals surface area contributed by atoms with E-state index in [4.69, 9.17) is 0 Å². The Balaban J connectivity index is 1.98. The first-order valence-corrected chi connectivity index (χ1v) is 7.53. The second-order valence-corrected chi connectivity index (χ2v) is 6.78. The van der Waals surface area contributed by atoms with Gasteiger partial charge in [-0.05, 0) is 68.6 Å². The highest BCUT2D eigenvalue weighted by Gasteiger charge is 2.39. The lowest BCUT2D eigenvalue weighted by Crippen LogP contribution is -2.35. The predicted molar refractivity (Wildman–Crippen MR) is 76.1 cm³/mol. The van der Waals surface area contributed by atoms with Crippen molar-refractivity contribution in [3.8, 4) is 0 Å². The molecule has 0 spiro atoms. The summed E-state index contributed by atoms with van der Waals surface area (Å²) in [7, 11) is 0. The fraction of sp³-hybridized carbons (Fsp3) is 0.765. The summed E-state index contributed by atoms with van der Waals surface area (Å²) < 4.78 is 0. The molecular weight excluding hydrogens is 236 g/mol. The molecule has 2 saturated carbocycles. The molecule has 2 nitrogen and oxygen atoms in total. The smallest absolute Gasteiger partial charge is 0.123 e. The van der Waals surface area contributed by atoms with Crippen LogP contribution >= 0.6 is 0 Å². The van der Waals surface area contributed by atoms with Crippen molar-refractivity contribution in [2.45, 2.75) is 65.2 Å². The van der Waals surface area contributed by atoms with Crippen LogP contribution in [0.25, 0.3) is 0 Å². The van der Waals surface area contributed by atoms with Crippen LogP contribution in [-0.2, 0) is 9.59 Å². The van der Waals surface area contributed by atoms with Gasteiger partial charge in [-0.1, -0.05) is 13.8 Å². The predicted octanol–water partition coefficient (Wildman–Crippen LogP) is 3.91. The Morgan fingerprint density at radius 1 is 0.789 bits per heavy atom. The summed E-state index contributed by atoms with van der Waals surface area (Å²) in [6.45, 7) is 4.77. The van der Waals surface area contributed by atoms with Crippen molar-refractivity contribution in [1.82, 2.24) is 0 Å². The van der Waals surface area contributed by atoms with Crippen LogP contribution in [-0.4, -0.2) is 11.9 Å². The Bertz CT molecular complexity index is 374. The molecule has 0 aromatic heterocycles. The van der Waals surface area contributed by atoms with Gasteiger partial charge in [0, 0.05) is 11.1 Å². The first kappa shape index (κ1) is 14.3. The molecule has 0 aromatic carbocycles. The molecule has 0 unspecified atom stereocenters. The summed E-state index contributed by atoms with van der Waals surface area (Å²) in [6.07, 6.45) is 8.25. The van der Waals surface area contributed by atoms with E-state index in [-0.39, 0.29) is 0 Å². The number of hydrogen-bond donors (Lipinski definition) is 0. The fourth-order valence-corrected chi connectivity index (χ4v) is 3.96. The normalized spacial score (nSPS) is 28.7. The average molecular weight is 260 g/mol. The van der Waals surface area contributed by atoms with Gasteiger partial charge in [0.05, 0.1) is 0 Å². The summed E-state index contributed by atoms with van der Waals surface area (Å²) in [5.74, 6) is 5.59.